The fourth-order valence-electron chi connectivity index (χ4n) is 2.99. The number of ether oxygens (including phenoxy) is 1. The average Bonchev–Trinajstić information content (AvgIpc) is 2.61. The van der Waals surface area contributed by atoms with Crippen LogP contribution in [0.3, 0.4) is 0 Å². The Morgan fingerprint density at radius 2 is 1.80 bits per heavy atom. The van der Waals surface area contributed by atoms with Crippen LogP contribution in [0.5, 0.6) is 5.75 Å². The highest BCUT2D eigenvalue weighted by Gasteiger charge is 2.23. The number of hydrogen-bond acceptors (Lipinski definition) is 4. The third-order valence-electron chi connectivity index (χ3n) is 4.55. The van der Waals surface area contributed by atoms with E-state index in [0.717, 1.165) is 19.3 Å². The van der Waals surface area contributed by atoms with Crippen LogP contribution in [0.2, 0.25) is 0 Å². The van der Waals surface area contributed by atoms with Crippen LogP contribution in [-0.2, 0) is 4.79 Å². The van der Waals surface area contributed by atoms with E-state index in [-0.39, 0.29) is 18.4 Å². The molecule has 1 aromatic carbocycles. The second-order valence-electron chi connectivity index (χ2n) is 6.48. The SMILES string of the molecule is CCC(=O)c1ccc(OCC(=O)NC(=O)N[C@@H]2CCCC[C@H]2C)cc1. The first kappa shape index (κ1) is 19.0. The van der Waals surface area contributed by atoms with Gasteiger partial charge in [-0.2, -0.15) is 0 Å². The fourth-order valence-corrected chi connectivity index (χ4v) is 2.99. The van der Waals surface area contributed by atoms with Gasteiger partial charge in [-0.05, 0) is 43.0 Å². The summed E-state index contributed by atoms with van der Waals surface area (Å²) < 4.78 is 5.34. The Balaban J connectivity index is 1.74. The predicted octanol–water partition coefficient (Wildman–Crippen LogP) is 3.06. The number of ketones is 1. The molecule has 0 radical (unpaired) electrons. The number of hydrogen-bond donors (Lipinski definition) is 2. The Bertz CT molecular complexity index is 612. The Kier molecular flexibility index (Phi) is 6.98. The van der Waals surface area contributed by atoms with Crippen molar-refractivity contribution in [1.29, 1.82) is 0 Å². The van der Waals surface area contributed by atoms with Crippen molar-refractivity contribution < 1.29 is 19.1 Å². The number of benzene rings is 1. The molecule has 2 rings (SSSR count). The normalized spacial score (nSPS) is 19.8. The second kappa shape index (κ2) is 9.20. The Labute approximate surface area is 148 Å². The molecule has 1 aliphatic rings. The molecule has 0 spiro atoms. The minimum absolute atomic E-state index is 0.0536. The van der Waals surface area contributed by atoms with Crippen LogP contribution in [0.4, 0.5) is 4.79 Å². The van der Waals surface area contributed by atoms with Gasteiger partial charge in [-0.1, -0.05) is 26.7 Å². The van der Waals surface area contributed by atoms with Crippen LogP contribution in [0, 0.1) is 5.92 Å². The molecular formula is C19H26N2O4. The zero-order valence-electron chi connectivity index (χ0n) is 14.8. The number of urea groups is 1. The van der Waals surface area contributed by atoms with Gasteiger partial charge in [0.25, 0.3) is 5.91 Å². The summed E-state index contributed by atoms with van der Waals surface area (Å²) in [5, 5.41) is 5.15. The van der Waals surface area contributed by atoms with E-state index in [0.29, 0.717) is 23.7 Å². The highest BCUT2D eigenvalue weighted by Crippen LogP contribution is 2.23. The molecule has 0 aromatic heterocycles. The first-order chi connectivity index (χ1) is 12.0. The van der Waals surface area contributed by atoms with Crippen LogP contribution < -0.4 is 15.4 Å². The molecule has 3 amide bonds. The van der Waals surface area contributed by atoms with Crippen LogP contribution in [0.15, 0.2) is 24.3 Å². The van der Waals surface area contributed by atoms with Gasteiger partial charge >= 0.3 is 6.03 Å². The van der Waals surface area contributed by atoms with Gasteiger partial charge in [0, 0.05) is 18.0 Å². The largest absolute Gasteiger partial charge is 0.484 e. The van der Waals surface area contributed by atoms with Gasteiger partial charge < -0.3 is 10.1 Å². The smallest absolute Gasteiger partial charge is 0.321 e. The molecule has 136 valence electrons. The minimum Gasteiger partial charge on any atom is -0.484 e. The van der Waals surface area contributed by atoms with Crippen molar-refractivity contribution in [3.05, 3.63) is 29.8 Å². The topological polar surface area (TPSA) is 84.5 Å². The minimum atomic E-state index is -0.505. The first-order valence-corrected chi connectivity index (χ1v) is 8.86. The van der Waals surface area contributed by atoms with Crippen molar-refractivity contribution >= 4 is 17.7 Å². The van der Waals surface area contributed by atoms with Crippen LogP contribution >= 0.6 is 0 Å². The van der Waals surface area contributed by atoms with Gasteiger partial charge in [0.15, 0.2) is 12.4 Å². The first-order valence-electron chi connectivity index (χ1n) is 8.86. The molecule has 2 N–H and O–H groups in total. The van der Waals surface area contributed by atoms with Gasteiger partial charge in [0.1, 0.15) is 5.75 Å². The van der Waals surface area contributed by atoms with Gasteiger partial charge in [-0.3, -0.25) is 14.9 Å². The number of carbonyl (C=O) groups is 3. The summed E-state index contributed by atoms with van der Waals surface area (Å²) in [4.78, 5) is 35.3. The zero-order valence-corrected chi connectivity index (χ0v) is 14.8. The summed E-state index contributed by atoms with van der Waals surface area (Å²) in [6, 6.07) is 6.24. The second-order valence-corrected chi connectivity index (χ2v) is 6.48. The molecule has 1 fully saturated rings. The van der Waals surface area contributed by atoms with E-state index < -0.39 is 11.9 Å². The Morgan fingerprint density at radius 3 is 2.44 bits per heavy atom. The lowest BCUT2D eigenvalue weighted by atomic mass is 9.86. The summed E-state index contributed by atoms with van der Waals surface area (Å²) in [5.74, 6) is 0.451. The molecule has 6 heteroatoms. The Hall–Kier alpha value is -2.37. The molecular weight excluding hydrogens is 320 g/mol. The summed E-state index contributed by atoms with van der Waals surface area (Å²) in [5.41, 5.74) is 0.611. The van der Waals surface area contributed by atoms with Crippen molar-refractivity contribution in [1.82, 2.24) is 10.6 Å². The standard InChI is InChI=1S/C19H26N2O4/c1-3-17(22)14-8-10-15(11-9-14)25-12-18(23)21-19(24)20-16-7-5-4-6-13(16)2/h8-11,13,16H,3-7,12H2,1-2H3,(H2,20,21,23,24)/t13-,16-/m1/s1. The van der Waals surface area contributed by atoms with E-state index in [1.165, 1.54) is 6.42 Å². The van der Waals surface area contributed by atoms with Crippen molar-refractivity contribution in [3.8, 4) is 5.75 Å². The number of carbonyl (C=O) groups excluding carboxylic acids is 3. The fraction of sp³-hybridized carbons (Fsp3) is 0.526. The molecule has 1 aromatic rings. The highest BCUT2D eigenvalue weighted by molar-refractivity contribution is 5.96. The van der Waals surface area contributed by atoms with Gasteiger partial charge in [0.05, 0.1) is 0 Å². The molecule has 25 heavy (non-hydrogen) atoms. The summed E-state index contributed by atoms with van der Waals surface area (Å²) >= 11 is 0. The maximum Gasteiger partial charge on any atom is 0.321 e. The molecule has 1 aliphatic carbocycles. The third-order valence-corrected chi connectivity index (χ3v) is 4.55. The van der Waals surface area contributed by atoms with E-state index in [4.69, 9.17) is 4.74 Å². The zero-order chi connectivity index (χ0) is 18.2. The van der Waals surface area contributed by atoms with Crippen molar-refractivity contribution in [2.24, 2.45) is 5.92 Å². The molecule has 0 heterocycles. The van der Waals surface area contributed by atoms with Crippen molar-refractivity contribution in [3.63, 3.8) is 0 Å². The van der Waals surface area contributed by atoms with Gasteiger partial charge in [-0.25, -0.2) is 4.79 Å². The lowest BCUT2D eigenvalue weighted by molar-refractivity contribution is -0.122. The van der Waals surface area contributed by atoms with Crippen molar-refractivity contribution in [2.45, 2.75) is 52.0 Å². The van der Waals surface area contributed by atoms with E-state index in [9.17, 15) is 14.4 Å². The molecule has 0 bridgehead atoms. The lowest BCUT2D eigenvalue weighted by Crippen LogP contribution is -2.48. The van der Waals surface area contributed by atoms with E-state index in [1.807, 2.05) is 0 Å². The number of amides is 3. The van der Waals surface area contributed by atoms with E-state index in [2.05, 4.69) is 17.6 Å². The van der Waals surface area contributed by atoms with Crippen LogP contribution in [0.25, 0.3) is 0 Å². The number of nitrogens with one attached hydrogen (secondary N) is 2. The molecule has 2 atom stereocenters. The van der Waals surface area contributed by atoms with E-state index in [1.54, 1.807) is 31.2 Å². The quantitative estimate of drug-likeness (QED) is 0.775. The van der Waals surface area contributed by atoms with Crippen LogP contribution in [-0.4, -0.2) is 30.4 Å². The highest BCUT2D eigenvalue weighted by atomic mass is 16.5. The third kappa shape index (κ3) is 5.89. The maximum absolute atomic E-state index is 11.9. The number of Topliss-reactive ketones (excluding diaryl/α,β-unsaturated/α-hetero) is 1. The van der Waals surface area contributed by atoms with E-state index >= 15 is 0 Å². The Morgan fingerprint density at radius 1 is 1.12 bits per heavy atom. The maximum atomic E-state index is 11.9. The van der Waals surface area contributed by atoms with Crippen LogP contribution in [0.1, 0.15) is 56.3 Å². The molecule has 0 saturated heterocycles. The molecule has 1 saturated carbocycles. The summed E-state index contributed by atoms with van der Waals surface area (Å²) in [6.07, 6.45) is 4.78. The monoisotopic (exact) mass is 346 g/mol. The lowest BCUT2D eigenvalue weighted by Gasteiger charge is -2.29. The summed E-state index contributed by atoms with van der Waals surface area (Å²) in [7, 11) is 0. The molecule has 0 aliphatic heterocycles. The predicted molar refractivity (Wildman–Crippen MR) is 94.7 cm³/mol. The van der Waals surface area contributed by atoms with Crippen molar-refractivity contribution in [2.75, 3.05) is 6.61 Å². The number of imide groups is 1. The average molecular weight is 346 g/mol. The molecule has 6 nitrogen and oxygen atoms in total. The summed E-state index contributed by atoms with van der Waals surface area (Å²) in [6.45, 7) is 3.66. The van der Waals surface area contributed by atoms with Gasteiger partial charge in [0.2, 0.25) is 0 Å². The number of rotatable bonds is 6. The van der Waals surface area contributed by atoms with Gasteiger partial charge in [-0.15, -0.1) is 0 Å². The molecule has 0 unspecified atom stereocenters.